The molecule has 4 aliphatic rings. The van der Waals surface area contributed by atoms with Crippen molar-refractivity contribution in [1.29, 1.82) is 0 Å². The van der Waals surface area contributed by atoms with Crippen LogP contribution in [0.4, 0.5) is 4.39 Å². The highest BCUT2D eigenvalue weighted by Gasteiger charge is 2.37. The van der Waals surface area contributed by atoms with E-state index in [1.54, 1.807) is 61.5 Å². The predicted octanol–water partition coefficient (Wildman–Crippen LogP) is 3.19. The number of nitrogens with one attached hydrogen (secondary N) is 2. The van der Waals surface area contributed by atoms with Gasteiger partial charge < -0.3 is 58.1 Å². The standard InChI is InChI=1S/C52H72FN9O10S/c1-36(54-2)50(64)56-47(37-9-5-4-6-10-37)51(65)60-20-22-61(23-21-60)52(66)48-46(53)40-11-7-8-12-42(40)62(48)35-45(63)58(3)24-25-67-26-27-68-28-29-69-30-31-70-44-33-39(72-57-44)34-59-18-14-38(15-19-59)71-43-13-17-55-41-16-32-73-49(41)43/h7-8,11-12,16,32-33,36-38,47,54H,4-6,9-10,13-15,17-31,34-35H2,1-3H3,(H,56,64)/t36-,47-/m0/s1. The van der Waals surface area contributed by atoms with E-state index in [0.29, 0.717) is 57.6 Å². The number of ether oxygens (including phenoxy) is 5. The molecule has 398 valence electrons. The molecule has 3 aromatic heterocycles. The summed E-state index contributed by atoms with van der Waals surface area (Å²) in [5.74, 6) is 0.359. The number of carbonyl (C=O) groups excluding carboxylic acids is 4. The van der Waals surface area contributed by atoms with Crippen molar-refractivity contribution in [2.75, 3.05) is 113 Å². The van der Waals surface area contributed by atoms with Crippen molar-refractivity contribution in [1.82, 2.24) is 40.0 Å². The molecule has 4 amide bonds. The van der Waals surface area contributed by atoms with Gasteiger partial charge in [0.2, 0.25) is 17.7 Å². The van der Waals surface area contributed by atoms with Crippen LogP contribution in [0.15, 0.2) is 51.3 Å². The van der Waals surface area contributed by atoms with Gasteiger partial charge in [-0.2, -0.15) is 0 Å². The highest BCUT2D eigenvalue weighted by atomic mass is 32.1. The van der Waals surface area contributed by atoms with Crippen LogP contribution in [0.5, 0.6) is 5.88 Å². The zero-order chi connectivity index (χ0) is 51.1. The van der Waals surface area contributed by atoms with Gasteiger partial charge >= 0.3 is 0 Å². The number of nitrogens with zero attached hydrogens (tertiary/aromatic N) is 7. The molecule has 0 spiro atoms. The number of rotatable bonds is 25. The Morgan fingerprint density at radius 1 is 0.890 bits per heavy atom. The number of piperazine rings is 1. The molecule has 4 aromatic rings. The summed E-state index contributed by atoms with van der Waals surface area (Å²) in [6.45, 7) is 8.21. The second kappa shape index (κ2) is 26.7. The van der Waals surface area contributed by atoms with Crippen LogP contribution in [0, 0.1) is 11.7 Å². The Kier molecular flexibility index (Phi) is 19.7. The first-order valence-corrected chi connectivity index (χ1v) is 26.8. The van der Waals surface area contributed by atoms with Gasteiger partial charge in [-0.15, -0.1) is 11.3 Å². The lowest BCUT2D eigenvalue weighted by molar-refractivity contribution is -0.140. The quantitative estimate of drug-likeness (QED) is 0.0921. The van der Waals surface area contributed by atoms with Crippen LogP contribution in [0.3, 0.4) is 0 Å². The number of likely N-dealkylation sites (N-methyl/N-ethyl adjacent to an activating group) is 2. The minimum Gasteiger partial charge on any atom is -0.493 e. The van der Waals surface area contributed by atoms with Crippen LogP contribution in [0.25, 0.3) is 16.7 Å². The van der Waals surface area contributed by atoms with Gasteiger partial charge in [0.1, 0.15) is 36.8 Å². The molecule has 0 unspecified atom stereocenters. The van der Waals surface area contributed by atoms with E-state index in [1.165, 1.54) is 18.9 Å². The number of fused-ring (bicyclic) bond motifs is 2. The smallest absolute Gasteiger partial charge is 0.273 e. The highest BCUT2D eigenvalue weighted by molar-refractivity contribution is 7.07. The minimum absolute atomic E-state index is 0.0399. The Hall–Kier alpha value is -5.45. The summed E-state index contributed by atoms with van der Waals surface area (Å²) in [5, 5.41) is 13.4. The van der Waals surface area contributed by atoms with Crippen molar-refractivity contribution in [2.45, 2.75) is 89.6 Å². The number of hydrogen-bond acceptors (Lipinski definition) is 15. The van der Waals surface area contributed by atoms with Crippen molar-refractivity contribution in [2.24, 2.45) is 10.9 Å². The maximum Gasteiger partial charge on any atom is 0.273 e. The Balaban J connectivity index is 0.691. The molecule has 3 aliphatic heterocycles. The van der Waals surface area contributed by atoms with E-state index in [-0.39, 0.29) is 86.7 Å². The molecular formula is C52H72FN9O10S. The lowest BCUT2D eigenvalue weighted by atomic mass is 9.83. The maximum absolute atomic E-state index is 16.2. The van der Waals surface area contributed by atoms with Crippen molar-refractivity contribution >= 4 is 51.6 Å². The van der Waals surface area contributed by atoms with Crippen LogP contribution < -0.4 is 25.3 Å². The molecule has 1 saturated carbocycles. The maximum atomic E-state index is 16.2. The normalized spacial score (nSPS) is 17.8. The van der Waals surface area contributed by atoms with E-state index >= 15 is 4.39 Å². The molecule has 1 aliphatic carbocycles. The summed E-state index contributed by atoms with van der Waals surface area (Å²) in [7, 11) is 3.34. The van der Waals surface area contributed by atoms with E-state index < -0.39 is 23.8 Å². The van der Waals surface area contributed by atoms with Gasteiger partial charge in [-0.1, -0.05) is 31.4 Å². The Morgan fingerprint density at radius 2 is 1.59 bits per heavy atom. The van der Waals surface area contributed by atoms with E-state index in [9.17, 15) is 19.2 Å². The number of carbonyl (C=O) groups is 4. The predicted molar refractivity (Wildman–Crippen MR) is 271 cm³/mol. The largest absolute Gasteiger partial charge is 0.493 e. The van der Waals surface area contributed by atoms with E-state index in [2.05, 4.69) is 37.1 Å². The topological polar surface area (TPSA) is 195 Å². The van der Waals surface area contributed by atoms with Gasteiger partial charge in [0.15, 0.2) is 11.6 Å². The lowest BCUT2D eigenvalue weighted by Crippen LogP contribution is -2.59. The number of amides is 4. The zero-order valence-corrected chi connectivity index (χ0v) is 43.3. The van der Waals surface area contributed by atoms with Crippen molar-refractivity contribution in [3.63, 3.8) is 0 Å². The first-order valence-electron chi connectivity index (χ1n) is 26.0. The third kappa shape index (κ3) is 14.2. The fraction of sp³-hybridized carbons (Fsp3) is 0.615. The average Bonchev–Trinajstić information content (AvgIpc) is 4.16. The monoisotopic (exact) mass is 1030 g/mol. The molecule has 8 rings (SSSR count). The third-order valence-electron chi connectivity index (χ3n) is 14.3. The number of thiophene rings is 1. The zero-order valence-electron chi connectivity index (χ0n) is 42.5. The summed E-state index contributed by atoms with van der Waals surface area (Å²) >= 11 is 1.70. The lowest BCUT2D eigenvalue weighted by Gasteiger charge is -2.39. The highest BCUT2D eigenvalue weighted by Crippen LogP contribution is 2.30. The number of piperidine rings is 1. The molecule has 0 bridgehead atoms. The number of benzene rings is 1. The number of hydrogen-bond donors (Lipinski definition) is 2. The Bertz CT molecular complexity index is 2580. The first-order chi connectivity index (χ1) is 35.6. The summed E-state index contributed by atoms with van der Waals surface area (Å²) in [6, 6.07) is 9.51. The molecule has 3 fully saturated rings. The Morgan fingerprint density at radius 3 is 2.33 bits per heavy atom. The van der Waals surface area contributed by atoms with Gasteiger partial charge in [-0.05, 0) is 74.3 Å². The number of likely N-dealkylation sites (tertiary alicyclic amines) is 1. The summed E-state index contributed by atoms with van der Waals surface area (Å²) < 4.78 is 53.5. The van der Waals surface area contributed by atoms with Gasteiger partial charge in [-0.3, -0.25) is 29.1 Å². The van der Waals surface area contributed by atoms with Gasteiger partial charge in [-0.25, -0.2) is 4.39 Å². The molecule has 73 heavy (non-hydrogen) atoms. The van der Waals surface area contributed by atoms with Crippen LogP contribution in [0.2, 0.25) is 0 Å². The molecule has 6 heterocycles. The van der Waals surface area contributed by atoms with E-state index in [0.717, 1.165) is 87.9 Å². The van der Waals surface area contributed by atoms with Crippen LogP contribution >= 0.6 is 11.3 Å². The molecular weight excluding hydrogens is 962 g/mol. The molecule has 19 nitrogen and oxygen atoms in total. The summed E-state index contributed by atoms with van der Waals surface area (Å²) in [5.41, 5.74) is 0.237. The average molecular weight is 1030 g/mol. The number of halogens is 1. The Labute approximate surface area is 429 Å². The van der Waals surface area contributed by atoms with Crippen LogP contribution in [-0.4, -0.2) is 184 Å². The SMILES string of the molecule is CN[C@@H](C)C(=O)N[C@H](C(=O)N1CCN(C(=O)c2c(F)c3ccccc3n2CC(=O)N(C)CCOCCOCCOCCOc2cc(CN3CCC(OC4=c5sccc5=NCC4)CC3)on2)CC1)C1CCCCC1. The number of para-hydroxylation sites is 1. The van der Waals surface area contributed by atoms with E-state index in [1.807, 2.05) is 6.07 Å². The van der Waals surface area contributed by atoms with Crippen LogP contribution in [0.1, 0.15) is 74.5 Å². The second-order valence-electron chi connectivity index (χ2n) is 19.2. The molecule has 0 radical (unpaired) electrons. The second-order valence-corrected chi connectivity index (χ2v) is 20.1. The molecule has 2 saturated heterocycles. The molecule has 2 atom stereocenters. The first kappa shape index (κ1) is 53.8. The van der Waals surface area contributed by atoms with Crippen molar-refractivity contribution in [3.05, 3.63) is 68.9 Å². The number of aromatic nitrogens is 2. The summed E-state index contributed by atoms with van der Waals surface area (Å²) in [4.78, 5) is 66.2. The summed E-state index contributed by atoms with van der Waals surface area (Å²) in [6.07, 6.45) is 7.84. The molecule has 2 N–H and O–H groups in total. The molecule has 1 aromatic carbocycles. The van der Waals surface area contributed by atoms with Crippen molar-refractivity contribution in [3.8, 4) is 5.88 Å². The minimum atomic E-state index is -0.690. The van der Waals surface area contributed by atoms with Crippen molar-refractivity contribution < 1.29 is 51.8 Å². The fourth-order valence-electron chi connectivity index (χ4n) is 9.88. The van der Waals surface area contributed by atoms with Gasteiger partial charge in [0, 0.05) is 77.3 Å². The van der Waals surface area contributed by atoms with Gasteiger partial charge in [0.05, 0.1) is 67.6 Å². The fourth-order valence-corrected chi connectivity index (χ4v) is 10.7. The van der Waals surface area contributed by atoms with Gasteiger partial charge in [0.25, 0.3) is 11.8 Å². The van der Waals surface area contributed by atoms with E-state index in [4.69, 9.17) is 28.2 Å². The van der Waals surface area contributed by atoms with Crippen LogP contribution in [-0.2, 0) is 46.4 Å². The third-order valence-corrected chi connectivity index (χ3v) is 15.2. The molecule has 21 heteroatoms.